The normalized spacial score (nSPS) is 16.4. The van der Waals surface area contributed by atoms with Crippen molar-refractivity contribution >= 4 is 12.0 Å². The zero-order valence-electron chi connectivity index (χ0n) is 11.0. The predicted octanol–water partition coefficient (Wildman–Crippen LogP) is 1.99. The van der Waals surface area contributed by atoms with E-state index in [1.165, 1.54) is 19.3 Å². The molecular formula is C14H15NO5. The molecule has 0 atom stereocenters. The molecule has 6 heteroatoms. The molecule has 1 aliphatic rings. The van der Waals surface area contributed by atoms with E-state index in [4.69, 9.17) is 0 Å². The third-order valence-electron chi connectivity index (χ3n) is 3.71. The number of ether oxygens (including phenoxy) is 1. The lowest BCUT2D eigenvalue weighted by molar-refractivity contribution is 0.0597. The van der Waals surface area contributed by atoms with E-state index >= 15 is 0 Å². The number of hydrogen-bond donors (Lipinski definition) is 2. The fourth-order valence-electron chi connectivity index (χ4n) is 2.71. The van der Waals surface area contributed by atoms with Crippen molar-refractivity contribution in [1.82, 2.24) is 0 Å². The molecule has 0 bridgehead atoms. The van der Waals surface area contributed by atoms with Crippen LogP contribution in [0.1, 0.15) is 41.6 Å². The van der Waals surface area contributed by atoms with Crippen molar-refractivity contribution in [3.8, 4) is 11.5 Å². The summed E-state index contributed by atoms with van der Waals surface area (Å²) in [5.74, 6) is -1.29. The van der Waals surface area contributed by atoms with Crippen LogP contribution in [-0.4, -0.2) is 29.4 Å². The lowest BCUT2D eigenvalue weighted by Gasteiger charge is -2.24. The number of esters is 1. The van der Waals surface area contributed by atoms with Gasteiger partial charge in [-0.05, 0) is 18.9 Å². The van der Waals surface area contributed by atoms with Crippen LogP contribution in [-0.2, 0) is 15.1 Å². The zero-order valence-corrected chi connectivity index (χ0v) is 11.0. The number of methoxy groups -OCH3 is 1. The number of aromatic hydroxyl groups is 2. The van der Waals surface area contributed by atoms with Gasteiger partial charge < -0.3 is 14.9 Å². The number of benzene rings is 1. The molecule has 1 aromatic rings. The smallest absolute Gasteiger partial charge is 0.341 e. The largest absolute Gasteiger partial charge is 0.507 e. The van der Waals surface area contributed by atoms with Gasteiger partial charge in [-0.15, -0.1) is 0 Å². The van der Waals surface area contributed by atoms with Crippen molar-refractivity contribution in [2.45, 2.75) is 31.2 Å². The molecule has 2 N–H and O–H groups in total. The highest BCUT2D eigenvalue weighted by Gasteiger charge is 2.38. The Morgan fingerprint density at radius 1 is 1.30 bits per heavy atom. The summed E-state index contributed by atoms with van der Waals surface area (Å²) in [5, 5.41) is 19.7. The van der Waals surface area contributed by atoms with E-state index in [2.05, 4.69) is 9.73 Å². The lowest BCUT2D eigenvalue weighted by Crippen LogP contribution is -2.20. The van der Waals surface area contributed by atoms with Crippen LogP contribution in [0.3, 0.4) is 0 Å². The molecule has 0 aliphatic heterocycles. The van der Waals surface area contributed by atoms with Gasteiger partial charge in [0.1, 0.15) is 22.6 Å². The first-order valence-electron chi connectivity index (χ1n) is 6.28. The van der Waals surface area contributed by atoms with Crippen LogP contribution in [0, 0.1) is 0 Å². The van der Waals surface area contributed by atoms with Gasteiger partial charge in [0.05, 0.1) is 7.11 Å². The fraction of sp³-hybridized carbons (Fsp3) is 0.429. The van der Waals surface area contributed by atoms with Crippen molar-refractivity contribution in [2.24, 2.45) is 4.99 Å². The average molecular weight is 277 g/mol. The molecule has 1 saturated carbocycles. The van der Waals surface area contributed by atoms with Crippen molar-refractivity contribution in [3.05, 3.63) is 23.3 Å². The van der Waals surface area contributed by atoms with Gasteiger partial charge in [0.25, 0.3) is 0 Å². The van der Waals surface area contributed by atoms with E-state index < -0.39 is 11.5 Å². The first-order valence-corrected chi connectivity index (χ1v) is 6.28. The Morgan fingerprint density at radius 3 is 2.50 bits per heavy atom. The first kappa shape index (κ1) is 14.1. The fourth-order valence-corrected chi connectivity index (χ4v) is 2.71. The molecule has 106 valence electrons. The van der Waals surface area contributed by atoms with E-state index in [1.54, 1.807) is 0 Å². The Labute approximate surface area is 115 Å². The maximum Gasteiger partial charge on any atom is 0.341 e. The molecule has 0 aromatic heterocycles. The highest BCUT2D eigenvalue weighted by Crippen LogP contribution is 2.46. The predicted molar refractivity (Wildman–Crippen MR) is 69.4 cm³/mol. The van der Waals surface area contributed by atoms with Crippen molar-refractivity contribution in [1.29, 1.82) is 0 Å². The van der Waals surface area contributed by atoms with E-state index in [1.807, 2.05) is 0 Å². The molecule has 0 unspecified atom stereocenters. The zero-order chi connectivity index (χ0) is 14.8. The van der Waals surface area contributed by atoms with Gasteiger partial charge in [-0.2, -0.15) is 4.99 Å². The molecule has 0 heterocycles. The van der Waals surface area contributed by atoms with Gasteiger partial charge >= 0.3 is 5.97 Å². The Bertz CT molecular complexity index is 583. The highest BCUT2D eigenvalue weighted by atomic mass is 16.5. The quantitative estimate of drug-likeness (QED) is 0.500. The molecule has 0 spiro atoms. The lowest BCUT2D eigenvalue weighted by atomic mass is 9.87. The second-order valence-electron chi connectivity index (χ2n) is 4.82. The second kappa shape index (κ2) is 5.35. The second-order valence-corrected chi connectivity index (χ2v) is 4.82. The van der Waals surface area contributed by atoms with Gasteiger partial charge in [0.15, 0.2) is 0 Å². The number of nitrogens with zero attached hydrogens (tertiary/aromatic N) is 1. The number of carbonyl (C=O) groups is 1. The third-order valence-corrected chi connectivity index (χ3v) is 3.71. The molecule has 6 nitrogen and oxygen atoms in total. The monoisotopic (exact) mass is 277 g/mol. The van der Waals surface area contributed by atoms with Crippen LogP contribution < -0.4 is 0 Å². The Balaban J connectivity index is 2.61. The van der Waals surface area contributed by atoms with E-state index in [0.29, 0.717) is 18.4 Å². The van der Waals surface area contributed by atoms with Crippen LogP contribution in [0.2, 0.25) is 0 Å². The van der Waals surface area contributed by atoms with Gasteiger partial charge in [0, 0.05) is 11.6 Å². The summed E-state index contributed by atoms with van der Waals surface area (Å²) in [6, 6.07) is 2.41. The molecular weight excluding hydrogens is 262 g/mol. The maximum absolute atomic E-state index is 11.6. The van der Waals surface area contributed by atoms with E-state index in [0.717, 1.165) is 18.9 Å². The van der Waals surface area contributed by atoms with Crippen LogP contribution in [0.4, 0.5) is 0 Å². The van der Waals surface area contributed by atoms with Gasteiger partial charge in [-0.3, -0.25) is 0 Å². The first-order chi connectivity index (χ1) is 9.54. The van der Waals surface area contributed by atoms with Crippen LogP contribution in [0.25, 0.3) is 0 Å². The summed E-state index contributed by atoms with van der Waals surface area (Å²) < 4.78 is 4.58. The van der Waals surface area contributed by atoms with Crippen LogP contribution >= 0.6 is 0 Å². The van der Waals surface area contributed by atoms with Crippen molar-refractivity contribution in [3.63, 3.8) is 0 Å². The SMILES string of the molecule is COC(=O)c1cc(C2(N=C=O)CCCC2)c(O)cc1O. The van der Waals surface area contributed by atoms with Gasteiger partial charge in [-0.1, -0.05) is 12.8 Å². The van der Waals surface area contributed by atoms with Crippen LogP contribution in [0.5, 0.6) is 11.5 Å². The van der Waals surface area contributed by atoms with Gasteiger partial charge in [0.2, 0.25) is 6.08 Å². The molecule has 1 aliphatic carbocycles. The summed E-state index contributed by atoms with van der Waals surface area (Å²) in [5.41, 5.74) is -0.591. The number of aliphatic imine (C=N–C) groups is 1. The Hall–Kier alpha value is -2.33. The third kappa shape index (κ3) is 2.26. The summed E-state index contributed by atoms with van der Waals surface area (Å²) in [7, 11) is 1.20. The number of phenols is 2. The molecule has 1 fully saturated rings. The summed E-state index contributed by atoms with van der Waals surface area (Å²) >= 11 is 0. The molecule has 1 aromatic carbocycles. The number of hydrogen-bond acceptors (Lipinski definition) is 6. The minimum Gasteiger partial charge on any atom is -0.507 e. The number of rotatable bonds is 3. The average Bonchev–Trinajstić information content (AvgIpc) is 2.88. The van der Waals surface area contributed by atoms with E-state index in [9.17, 15) is 19.8 Å². The Morgan fingerprint density at radius 2 is 1.95 bits per heavy atom. The number of isocyanates is 1. The van der Waals surface area contributed by atoms with Gasteiger partial charge in [-0.25, -0.2) is 9.59 Å². The molecule has 2 rings (SSSR count). The summed E-state index contributed by atoms with van der Waals surface area (Å²) in [4.78, 5) is 26.1. The minimum absolute atomic E-state index is 0.0623. The molecule has 0 radical (unpaired) electrons. The number of phenolic OH excluding ortho intramolecular Hbond substituents is 2. The molecule has 0 saturated heterocycles. The summed E-state index contributed by atoms with van der Waals surface area (Å²) in [6.45, 7) is 0. The standard InChI is InChI=1S/C14H15NO5/c1-20-13(19)9-6-10(12(18)7-11(9)17)14(15-8-16)4-2-3-5-14/h6-7,17-18H,2-5H2,1H3. The highest BCUT2D eigenvalue weighted by molar-refractivity contribution is 5.93. The Kier molecular flexibility index (Phi) is 3.77. The van der Waals surface area contributed by atoms with Crippen LogP contribution in [0.15, 0.2) is 17.1 Å². The molecule has 20 heavy (non-hydrogen) atoms. The molecule has 0 amide bonds. The summed E-state index contributed by atoms with van der Waals surface area (Å²) in [6.07, 6.45) is 4.43. The van der Waals surface area contributed by atoms with E-state index in [-0.39, 0.29) is 17.1 Å². The van der Waals surface area contributed by atoms with Crippen molar-refractivity contribution in [2.75, 3.05) is 7.11 Å². The van der Waals surface area contributed by atoms with Crippen molar-refractivity contribution < 1.29 is 24.5 Å². The topological polar surface area (TPSA) is 96.2 Å². The maximum atomic E-state index is 11.6. The number of carbonyl (C=O) groups excluding carboxylic acids is 2. The minimum atomic E-state index is -0.873.